The summed E-state index contributed by atoms with van der Waals surface area (Å²) in [6, 6.07) is 4.09. The summed E-state index contributed by atoms with van der Waals surface area (Å²) in [5, 5.41) is 4.08. The molecule has 1 N–H and O–H groups in total. The SMILES string of the molecule is CSc1nc(Cl)cc(Nc2c(Cl)cc(F)cc2Br)n1. The van der Waals surface area contributed by atoms with Crippen molar-refractivity contribution in [2.45, 2.75) is 5.16 Å². The fraction of sp³-hybridized carbons (Fsp3) is 0.0909. The monoisotopic (exact) mass is 381 g/mol. The maximum Gasteiger partial charge on any atom is 0.190 e. The van der Waals surface area contributed by atoms with Gasteiger partial charge in [-0.25, -0.2) is 14.4 Å². The Balaban J connectivity index is 2.39. The van der Waals surface area contributed by atoms with Crippen LogP contribution in [0.3, 0.4) is 0 Å². The number of anilines is 2. The molecular weight excluding hydrogens is 376 g/mol. The van der Waals surface area contributed by atoms with Crippen molar-refractivity contribution >= 4 is 62.4 Å². The van der Waals surface area contributed by atoms with Crippen LogP contribution in [0.2, 0.25) is 10.2 Å². The second-order valence-electron chi connectivity index (χ2n) is 3.43. The molecule has 0 saturated carbocycles. The van der Waals surface area contributed by atoms with Crippen molar-refractivity contribution < 1.29 is 4.39 Å². The smallest absolute Gasteiger partial charge is 0.190 e. The van der Waals surface area contributed by atoms with Gasteiger partial charge in [0.25, 0.3) is 0 Å². The van der Waals surface area contributed by atoms with E-state index in [-0.39, 0.29) is 5.02 Å². The lowest BCUT2D eigenvalue weighted by Gasteiger charge is -2.11. The first kappa shape index (κ1) is 14.8. The van der Waals surface area contributed by atoms with Crippen molar-refractivity contribution in [1.82, 2.24) is 9.97 Å². The molecule has 0 unspecified atom stereocenters. The number of thioether (sulfide) groups is 1. The van der Waals surface area contributed by atoms with Gasteiger partial charge in [-0.3, -0.25) is 0 Å². The molecule has 0 amide bonds. The average molecular weight is 383 g/mol. The molecular formula is C11H7BrCl2FN3S. The number of nitrogens with one attached hydrogen (secondary N) is 1. The molecule has 0 radical (unpaired) electrons. The van der Waals surface area contributed by atoms with Gasteiger partial charge in [0.05, 0.1) is 10.7 Å². The van der Waals surface area contributed by atoms with Crippen molar-refractivity contribution in [2.75, 3.05) is 11.6 Å². The van der Waals surface area contributed by atoms with Gasteiger partial charge in [-0.2, -0.15) is 0 Å². The summed E-state index contributed by atoms with van der Waals surface area (Å²) in [6.07, 6.45) is 1.84. The van der Waals surface area contributed by atoms with Gasteiger partial charge in [0.15, 0.2) is 5.16 Å². The van der Waals surface area contributed by atoms with Crippen LogP contribution in [0.4, 0.5) is 15.9 Å². The van der Waals surface area contributed by atoms with E-state index in [1.807, 2.05) is 6.26 Å². The fourth-order valence-corrected chi connectivity index (χ4v) is 2.85. The molecule has 1 aromatic carbocycles. The lowest BCUT2D eigenvalue weighted by molar-refractivity contribution is 0.627. The first-order chi connectivity index (χ1) is 8.99. The molecule has 3 nitrogen and oxygen atoms in total. The van der Waals surface area contributed by atoms with Crippen LogP contribution in [0.5, 0.6) is 0 Å². The summed E-state index contributed by atoms with van der Waals surface area (Å²) in [6.45, 7) is 0. The van der Waals surface area contributed by atoms with Gasteiger partial charge in [0.1, 0.15) is 16.8 Å². The second kappa shape index (κ2) is 6.26. The minimum absolute atomic E-state index is 0.243. The highest BCUT2D eigenvalue weighted by atomic mass is 79.9. The van der Waals surface area contributed by atoms with E-state index in [9.17, 15) is 4.39 Å². The van der Waals surface area contributed by atoms with Gasteiger partial charge < -0.3 is 5.32 Å². The van der Waals surface area contributed by atoms with E-state index in [0.717, 1.165) is 0 Å². The molecule has 0 spiro atoms. The number of benzene rings is 1. The summed E-state index contributed by atoms with van der Waals surface area (Å²) < 4.78 is 13.6. The van der Waals surface area contributed by atoms with Crippen LogP contribution in [-0.4, -0.2) is 16.2 Å². The van der Waals surface area contributed by atoms with Gasteiger partial charge in [-0.05, 0) is 34.3 Å². The van der Waals surface area contributed by atoms with E-state index in [0.29, 0.717) is 26.3 Å². The number of halogens is 4. The van der Waals surface area contributed by atoms with E-state index in [1.165, 1.54) is 23.9 Å². The van der Waals surface area contributed by atoms with Crippen LogP contribution in [-0.2, 0) is 0 Å². The third-order valence-corrected chi connectivity index (χ3v) is 3.78. The minimum atomic E-state index is -0.423. The van der Waals surface area contributed by atoms with Crippen molar-refractivity contribution in [3.05, 3.63) is 38.7 Å². The number of nitrogens with zero attached hydrogens (tertiary/aromatic N) is 2. The van der Waals surface area contributed by atoms with E-state index in [4.69, 9.17) is 23.2 Å². The van der Waals surface area contributed by atoms with E-state index in [1.54, 1.807) is 6.07 Å². The standard InChI is InChI=1S/C11H7BrCl2FN3S/c1-19-11-16-8(14)4-9(18-11)17-10-6(12)2-5(15)3-7(10)13/h2-4H,1H3,(H,16,17,18). The fourth-order valence-electron chi connectivity index (χ4n) is 1.34. The Morgan fingerprint density at radius 2 is 2.00 bits per heavy atom. The third-order valence-electron chi connectivity index (χ3n) is 2.12. The molecule has 100 valence electrons. The van der Waals surface area contributed by atoms with Gasteiger partial charge in [-0.1, -0.05) is 35.0 Å². The number of aromatic nitrogens is 2. The Labute approximate surface area is 132 Å². The molecule has 8 heteroatoms. The third kappa shape index (κ3) is 3.72. The molecule has 2 aromatic rings. The average Bonchev–Trinajstić information content (AvgIpc) is 2.33. The Hall–Kier alpha value is -0.560. The van der Waals surface area contributed by atoms with Crippen LogP contribution in [0.1, 0.15) is 0 Å². The topological polar surface area (TPSA) is 37.8 Å². The number of hydrogen-bond donors (Lipinski definition) is 1. The molecule has 0 atom stereocenters. The quantitative estimate of drug-likeness (QED) is 0.452. The molecule has 0 aliphatic rings. The van der Waals surface area contributed by atoms with Gasteiger partial charge >= 0.3 is 0 Å². The van der Waals surface area contributed by atoms with Gasteiger partial charge in [0, 0.05) is 10.5 Å². The summed E-state index contributed by atoms with van der Waals surface area (Å²) >= 11 is 16.5. The summed E-state index contributed by atoms with van der Waals surface area (Å²) in [5.41, 5.74) is 0.518. The first-order valence-electron chi connectivity index (χ1n) is 4.99. The second-order valence-corrected chi connectivity index (χ2v) is 5.85. The van der Waals surface area contributed by atoms with Crippen molar-refractivity contribution in [2.24, 2.45) is 0 Å². The molecule has 0 saturated heterocycles. The van der Waals surface area contributed by atoms with Crippen LogP contribution >= 0.6 is 50.9 Å². The van der Waals surface area contributed by atoms with E-state index < -0.39 is 5.82 Å². The van der Waals surface area contributed by atoms with Crippen LogP contribution in [0.25, 0.3) is 0 Å². The number of rotatable bonds is 3. The number of hydrogen-bond acceptors (Lipinski definition) is 4. The Morgan fingerprint density at radius 3 is 2.63 bits per heavy atom. The van der Waals surface area contributed by atoms with Gasteiger partial charge in [0.2, 0.25) is 0 Å². The zero-order chi connectivity index (χ0) is 14.0. The minimum Gasteiger partial charge on any atom is -0.338 e. The van der Waals surface area contributed by atoms with Crippen LogP contribution in [0, 0.1) is 5.82 Å². The maximum absolute atomic E-state index is 13.1. The Morgan fingerprint density at radius 1 is 1.26 bits per heavy atom. The Bertz CT molecular complexity index is 604. The van der Waals surface area contributed by atoms with Crippen LogP contribution in [0.15, 0.2) is 27.8 Å². The molecule has 0 aliphatic heterocycles. The molecule has 0 aliphatic carbocycles. The van der Waals surface area contributed by atoms with E-state index in [2.05, 4.69) is 31.2 Å². The van der Waals surface area contributed by atoms with Crippen molar-refractivity contribution in [1.29, 1.82) is 0 Å². The largest absolute Gasteiger partial charge is 0.338 e. The highest BCUT2D eigenvalue weighted by Gasteiger charge is 2.10. The predicted molar refractivity (Wildman–Crippen MR) is 81.2 cm³/mol. The maximum atomic E-state index is 13.1. The molecule has 1 aromatic heterocycles. The molecule has 0 bridgehead atoms. The molecule has 2 rings (SSSR count). The zero-order valence-electron chi connectivity index (χ0n) is 9.55. The van der Waals surface area contributed by atoms with Crippen molar-refractivity contribution in [3.63, 3.8) is 0 Å². The lowest BCUT2D eigenvalue weighted by atomic mass is 10.3. The predicted octanol–water partition coefficient (Wildman–Crippen LogP) is 5.15. The highest BCUT2D eigenvalue weighted by Crippen LogP contribution is 2.34. The summed E-state index contributed by atoms with van der Waals surface area (Å²) in [7, 11) is 0. The summed E-state index contributed by atoms with van der Waals surface area (Å²) in [5.74, 6) is 0.0616. The molecule has 0 fully saturated rings. The zero-order valence-corrected chi connectivity index (χ0v) is 13.5. The lowest BCUT2D eigenvalue weighted by Crippen LogP contribution is -1.98. The Kier molecular flexibility index (Phi) is 4.89. The van der Waals surface area contributed by atoms with Crippen LogP contribution < -0.4 is 5.32 Å². The van der Waals surface area contributed by atoms with Gasteiger partial charge in [-0.15, -0.1) is 0 Å². The molecule has 1 heterocycles. The molecule has 19 heavy (non-hydrogen) atoms. The normalized spacial score (nSPS) is 10.6. The highest BCUT2D eigenvalue weighted by molar-refractivity contribution is 9.10. The first-order valence-corrected chi connectivity index (χ1v) is 7.77. The van der Waals surface area contributed by atoms with Crippen molar-refractivity contribution in [3.8, 4) is 0 Å². The van der Waals surface area contributed by atoms with E-state index >= 15 is 0 Å². The summed E-state index contributed by atoms with van der Waals surface area (Å²) in [4.78, 5) is 8.26.